The number of carbonyl (C=O) groups excluding carboxylic acids is 1. The predicted molar refractivity (Wildman–Crippen MR) is 66.5 cm³/mol. The zero-order valence-electron chi connectivity index (χ0n) is 10.9. The quantitative estimate of drug-likeness (QED) is 0.593. The highest BCUT2D eigenvalue weighted by atomic mass is 16.4. The smallest absolute Gasteiger partial charge is 0.305 e. The van der Waals surface area contributed by atoms with Gasteiger partial charge in [0, 0.05) is 12.0 Å². The van der Waals surface area contributed by atoms with Crippen molar-refractivity contribution in [2.24, 2.45) is 17.6 Å². The minimum absolute atomic E-state index is 0.0347. The minimum atomic E-state index is -0.890. The molecule has 0 aliphatic heterocycles. The molecule has 2 unspecified atom stereocenters. The summed E-state index contributed by atoms with van der Waals surface area (Å²) in [6, 6.07) is -0.305. The summed E-state index contributed by atoms with van der Waals surface area (Å²) in [6.45, 7) is 6.21. The largest absolute Gasteiger partial charge is 0.481 e. The molecule has 4 N–H and O–H groups in total. The van der Waals surface area contributed by atoms with Crippen LogP contribution < -0.4 is 11.1 Å². The Morgan fingerprint density at radius 1 is 1.29 bits per heavy atom. The lowest BCUT2D eigenvalue weighted by Crippen LogP contribution is -2.42. The molecule has 0 spiro atoms. The molecule has 0 radical (unpaired) electrons. The fourth-order valence-corrected chi connectivity index (χ4v) is 1.52. The molecule has 0 aromatic carbocycles. The maximum Gasteiger partial charge on any atom is 0.305 e. The van der Waals surface area contributed by atoms with Gasteiger partial charge in [-0.05, 0) is 25.3 Å². The van der Waals surface area contributed by atoms with Gasteiger partial charge in [0.25, 0.3) is 0 Å². The molecule has 0 rings (SSSR count). The number of hydrogen-bond acceptors (Lipinski definition) is 3. The number of aliphatic carboxylic acids is 1. The molecule has 0 saturated heterocycles. The second kappa shape index (κ2) is 8.06. The first kappa shape index (κ1) is 15.9. The number of carbonyl (C=O) groups is 2. The minimum Gasteiger partial charge on any atom is -0.481 e. The number of nitrogens with two attached hydrogens (primary N) is 1. The number of rotatable bonds is 8. The van der Waals surface area contributed by atoms with E-state index in [1.165, 1.54) is 0 Å². The maximum absolute atomic E-state index is 11.8. The lowest BCUT2D eigenvalue weighted by Gasteiger charge is -2.22. The molecular weight excluding hydrogens is 220 g/mol. The van der Waals surface area contributed by atoms with Crippen molar-refractivity contribution in [3.8, 4) is 0 Å². The van der Waals surface area contributed by atoms with Crippen LogP contribution in [0.15, 0.2) is 0 Å². The van der Waals surface area contributed by atoms with Crippen molar-refractivity contribution in [3.63, 3.8) is 0 Å². The monoisotopic (exact) mass is 244 g/mol. The highest BCUT2D eigenvalue weighted by Gasteiger charge is 2.21. The summed E-state index contributed by atoms with van der Waals surface area (Å²) >= 11 is 0. The number of carboxylic acids is 1. The summed E-state index contributed by atoms with van der Waals surface area (Å²) in [6.07, 6.45) is 1.51. The van der Waals surface area contributed by atoms with Crippen LogP contribution in [0.3, 0.4) is 0 Å². The van der Waals surface area contributed by atoms with Gasteiger partial charge in [-0.15, -0.1) is 0 Å². The first-order valence-electron chi connectivity index (χ1n) is 6.10. The van der Waals surface area contributed by atoms with Crippen molar-refractivity contribution in [2.45, 2.75) is 46.1 Å². The summed E-state index contributed by atoms with van der Waals surface area (Å²) in [4.78, 5) is 22.5. The first-order valence-corrected chi connectivity index (χ1v) is 6.10. The van der Waals surface area contributed by atoms with Crippen LogP contribution in [0.2, 0.25) is 0 Å². The SMILES string of the molecule is CC(CCCN)C(=O)NC(CC(=O)O)C(C)C. The van der Waals surface area contributed by atoms with Gasteiger partial charge in [0.05, 0.1) is 6.42 Å². The molecule has 17 heavy (non-hydrogen) atoms. The fraction of sp³-hybridized carbons (Fsp3) is 0.833. The van der Waals surface area contributed by atoms with Crippen LogP contribution in [0.25, 0.3) is 0 Å². The van der Waals surface area contributed by atoms with Crippen LogP contribution >= 0.6 is 0 Å². The van der Waals surface area contributed by atoms with Gasteiger partial charge in [0.1, 0.15) is 0 Å². The third-order valence-electron chi connectivity index (χ3n) is 2.82. The van der Waals surface area contributed by atoms with E-state index >= 15 is 0 Å². The molecule has 2 atom stereocenters. The van der Waals surface area contributed by atoms with E-state index in [2.05, 4.69) is 5.32 Å². The van der Waals surface area contributed by atoms with Crippen LogP contribution in [0.5, 0.6) is 0 Å². The summed E-state index contributed by atoms with van der Waals surface area (Å²) < 4.78 is 0. The summed E-state index contributed by atoms with van der Waals surface area (Å²) in [5.41, 5.74) is 5.38. The zero-order valence-corrected chi connectivity index (χ0v) is 10.9. The Morgan fingerprint density at radius 2 is 1.88 bits per heavy atom. The Balaban J connectivity index is 4.24. The molecule has 0 aliphatic rings. The van der Waals surface area contributed by atoms with Gasteiger partial charge in [-0.1, -0.05) is 20.8 Å². The van der Waals surface area contributed by atoms with E-state index in [-0.39, 0.29) is 30.2 Å². The third kappa shape index (κ3) is 6.94. The molecule has 0 heterocycles. The molecule has 0 aliphatic carbocycles. The topological polar surface area (TPSA) is 92.4 Å². The zero-order chi connectivity index (χ0) is 13.4. The average Bonchev–Trinajstić information content (AvgIpc) is 2.23. The molecule has 1 amide bonds. The molecule has 0 aromatic rings. The van der Waals surface area contributed by atoms with Gasteiger partial charge in [0.2, 0.25) is 5.91 Å². The Labute approximate surface area is 103 Å². The average molecular weight is 244 g/mol. The lowest BCUT2D eigenvalue weighted by atomic mass is 9.98. The molecule has 5 heteroatoms. The molecule has 0 saturated carbocycles. The summed E-state index contributed by atoms with van der Waals surface area (Å²) in [5.74, 6) is -0.984. The molecule has 0 aromatic heterocycles. The van der Waals surface area contributed by atoms with Gasteiger partial charge >= 0.3 is 5.97 Å². The molecule has 0 fully saturated rings. The second-order valence-electron chi connectivity index (χ2n) is 4.79. The summed E-state index contributed by atoms with van der Waals surface area (Å²) in [7, 11) is 0. The number of carboxylic acid groups (broad SMARTS) is 1. The van der Waals surface area contributed by atoms with Crippen LogP contribution in [-0.4, -0.2) is 29.6 Å². The molecular formula is C12H24N2O3. The maximum atomic E-state index is 11.8. The van der Waals surface area contributed by atoms with Crippen LogP contribution in [-0.2, 0) is 9.59 Å². The van der Waals surface area contributed by atoms with Crippen molar-refractivity contribution in [1.29, 1.82) is 0 Å². The molecule has 100 valence electrons. The van der Waals surface area contributed by atoms with E-state index in [1.54, 1.807) is 0 Å². The van der Waals surface area contributed by atoms with Crippen molar-refractivity contribution in [3.05, 3.63) is 0 Å². The fourth-order valence-electron chi connectivity index (χ4n) is 1.52. The lowest BCUT2D eigenvalue weighted by molar-refractivity contribution is -0.138. The molecule has 5 nitrogen and oxygen atoms in total. The van der Waals surface area contributed by atoms with E-state index in [9.17, 15) is 9.59 Å². The van der Waals surface area contributed by atoms with E-state index < -0.39 is 5.97 Å². The Morgan fingerprint density at radius 3 is 2.29 bits per heavy atom. The summed E-state index contributed by atoms with van der Waals surface area (Å²) in [5, 5.41) is 11.6. The Kier molecular flexibility index (Phi) is 7.54. The number of hydrogen-bond donors (Lipinski definition) is 3. The van der Waals surface area contributed by atoms with Gasteiger partial charge in [-0.25, -0.2) is 0 Å². The highest BCUT2D eigenvalue weighted by molar-refractivity contribution is 5.79. The highest BCUT2D eigenvalue weighted by Crippen LogP contribution is 2.10. The van der Waals surface area contributed by atoms with E-state index in [4.69, 9.17) is 10.8 Å². The van der Waals surface area contributed by atoms with Crippen molar-refractivity contribution in [2.75, 3.05) is 6.54 Å². The van der Waals surface area contributed by atoms with Gasteiger partial charge in [-0.2, -0.15) is 0 Å². The van der Waals surface area contributed by atoms with Gasteiger partial charge < -0.3 is 16.2 Å². The van der Waals surface area contributed by atoms with Gasteiger partial charge in [-0.3, -0.25) is 9.59 Å². The Bertz CT molecular complexity index is 254. The van der Waals surface area contributed by atoms with Crippen LogP contribution in [0.1, 0.15) is 40.0 Å². The Hall–Kier alpha value is -1.10. The van der Waals surface area contributed by atoms with E-state index in [1.807, 2.05) is 20.8 Å². The standard InChI is InChI=1S/C12H24N2O3/c1-8(2)10(7-11(15)16)14-12(17)9(3)5-4-6-13/h8-10H,4-7,13H2,1-3H3,(H,14,17)(H,15,16). The molecule has 0 bridgehead atoms. The number of amides is 1. The normalized spacial score (nSPS) is 14.4. The predicted octanol–water partition coefficient (Wildman–Crippen LogP) is 0.977. The van der Waals surface area contributed by atoms with Crippen LogP contribution in [0, 0.1) is 11.8 Å². The van der Waals surface area contributed by atoms with E-state index in [0.717, 1.165) is 12.8 Å². The second-order valence-corrected chi connectivity index (χ2v) is 4.79. The third-order valence-corrected chi connectivity index (χ3v) is 2.82. The van der Waals surface area contributed by atoms with Crippen molar-refractivity contribution >= 4 is 11.9 Å². The van der Waals surface area contributed by atoms with Crippen molar-refractivity contribution < 1.29 is 14.7 Å². The van der Waals surface area contributed by atoms with Crippen LogP contribution in [0.4, 0.5) is 0 Å². The van der Waals surface area contributed by atoms with E-state index in [0.29, 0.717) is 6.54 Å². The van der Waals surface area contributed by atoms with Gasteiger partial charge in [0.15, 0.2) is 0 Å². The first-order chi connectivity index (χ1) is 7.88. The number of nitrogens with one attached hydrogen (secondary N) is 1. The van der Waals surface area contributed by atoms with Crippen molar-refractivity contribution in [1.82, 2.24) is 5.32 Å².